The fourth-order valence-corrected chi connectivity index (χ4v) is 5.13. The lowest BCUT2D eigenvalue weighted by atomic mass is 10.0. The molecule has 1 heterocycles. The van der Waals surface area contributed by atoms with Crippen LogP contribution in [-0.4, -0.2) is 103 Å². The molecule has 1 saturated heterocycles. The van der Waals surface area contributed by atoms with E-state index in [9.17, 15) is 33.6 Å². The molecule has 2 aromatic rings. The molecule has 7 amide bonds. The molecule has 1 aliphatic rings. The van der Waals surface area contributed by atoms with Gasteiger partial charge in [0.15, 0.2) is 0 Å². The summed E-state index contributed by atoms with van der Waals surface area (Å²) in [6.45, 7) is 3.79. The van der Waals surface area contributed by atoms with Crippen molar-refractivity contribution in [2.75, 3.05) is 26.2 Å². The number of rotatable bonds is 6. The maximum Gasteiger partial charge on any atom is 0.242 e. The molecule has 0 aliphatic carbocycles. The molecule has 1 aliphatic heterocycles. The van der Waals surface area contributed by atoms with Gasteiger partial charge in [0.1, 0.15) is 24.2 Å². The van der Waals surface area contributed by atoms with Gasteiger partial charge in [0.05, 0.1) is 12.6 Å². The van der Waals surface area contributed by atoms with Crippen LogP contribution in [0, 0.1) is 0 Å². The maximum atomic E-state index is 13.4. The van der Waals surface area contributed by atoms with E-state index in [2.05, 4.69) is 31.9 Å². The van der Waals surface area contributed by atoms with Crippen LogP contribution in [0.25, 0.3) is 0 Å². The van der Waals surface area contributed by atoms with E-state index in [4.69, 9.17) is 5.73 Å². The van der Waals surface area contributed by atoms with Crippen molar-refractivity contribution < 1.29 is 33.6 Å². The molecule has 1 fully saturated rings. The molecule has 0 saturated carbocycles. The number of nitrogens with two attached hydrogens (primary N) is 1. The third-order valence-corrected chi connectivity index (χ3v) is 7.98. The fourth-order valence-electron chi connectivity index (χ4n) is 5.13. The highest BCUT2D eigenvalue weighted by molar-refractivity contribution is 5.95. The van der Waals surface area contributed by atoms with Crippen LogP contribution >= 0.6 is 0 Å². The van der Waals surface area contributed by atoms with Crippen molar-refractivity contribution in [3.05, 3.63) is 71.8 Å². The number of nitrogens with zero attached hydrogens (tertiary/aromatic N) is 1. The zero-order valence-electron chi connectivity index (χ0n) is 28.0. The molecule has 0 aromatic heterocycles. The Balaban J connectivity index is 1.82. The van der Waals surface area contributed by atoms with Gasteiger partial charge in [-0.15, -0.1) is 0 Å². The van der Waals surface area contributed by atoms with Crippen LogP contribution in [-0.2, 0) is 46.4 Å². The number of amides is 7. The lowest BCUT2D eigenvalue weighted by molar-refractivity contribution is -0.140. The predicted molar refractivity (Wildman–Crippen MR) is 180 cm³/mol. The first-order valence-electron chi connectivity index (χ1n) is 16.2. The molecule has 0 spiro atoms. The molecule has 49 heavy (non-hydrogen) atoms. The highest BCUT2D eigenvalue weighted by Gasteiger charge is 2.30. The van der Waals surface area contributed by atoms with Gasteiger partial charge in [0, 0.05) is 32.5 Å². The molecular weight excluding hydrogens is 632 g/mol. The molecule has 8 N–H and O–H groups in total. The van der Waals surface area contributed by atoms with Crippen LogP contribution in [0.4, 0.5) is 0 Å². The molecule has 0 unspecified atom stereocenters. The van der Waals surface area contributed by atoms with Crippen molar-refractivity contribution in [2.45, 2.75) is 70.2 Å². The number of primary amides is 1. The molecular formula is C34H46N8O7. The number of benzene rings is 2. The first kappa shape index (κ1) is 38.1. The molecule has 0 bridgehead atoms. The summed E-state index contributed by atoms with van der Waals surface area (Å²) in [7, 11) is 0. The van der Waals surface area contributed by atoms with Crippen molar-refractivity contribution in [1.82, 2.24) is 36.8 Å². The first-order valence-corrected chi connectivity index (χ1v) is 16.2. The van der Waals surface area contributed by atoms with E-state index in [1.165, 1.54) is 25.7 Å². The molecule has 3 rings (SSSR count). The minimum Gasteiger partial charge on any atom is -0.368 e. The molecule has 2 aromatic carbocycles. The van der Waals surface area contributed by atoms with Gasteiger partial charge in [0.2, 0.25) is 41.4 Å². The normalized spacial score (nSPS) is 23.4. The van der Waals surface area contributed by atoms with Crippen molar-refractivity contribution in [3.63, 3.8) is 0 Å². The Morgan fingerprint density at radius 3 is 1.84 bits per heavy atom. The second-order valence-electron chi connectivity index (χ2n) is 11.9. The average molecular weight is 679 g/mol. The van der Waals surface area contributed by atoms with Crippen LogP contribution in [0.2, 0.25) is 0 Å². The standard InChI is InChI=1S/C34H46N8O7/c1-21-31(46)38-20-29(44)42(27(30(35)45)19-25-12-8-5-9-13-25)17-16-37-28(43)14-15-36-26(18-24-10-6-4-7-11-24)34(49)41-23(3)33(48)40-22(2)32(47)39-21/h4-13,21-23,26-27,36H,14-20H2,1-3H3,(H2,35,45)(H,37,43)(H,38,46)(H,39,47)(H,40,48)(H,41,49)/t21-,22-,23-,26-,27-/m0/s1. The summed E-state index contributed by atoms with van der Waals surface area (Å²) in [4.78, 5) is 91.9. The third-order valence-electron chi connectivity index (χ3n) is 7.98. The largest absolute Gasteiger partial charge is 0.368 e. The lowest BCUT2D eigenvalue weighted by Gasteiger charge is -2.30. The second kappa shape index (κ2) is 18.9. The highest BCUT2D eigenvalue weighted by atomic mass is 16.2. The van der Waals surface area contributed by atoms with Gasteiger partial charge >= 0.3 is 0 Å². The maximum absolute atomic E-state index is 13.4. The van der Waals surface area contributed by atoms with Gasteiger partial charge in [-0.25, -0.2) is 0 Å². The number of hydrogen-bond donors (Lipinski definition) is 7. The van der Waals surface area contributed by atoms with Gasteiger partial charge in [-0.05, 0) is 38.3 Å². The van der Waals surface area contributed by atoms with Gasteiger partial charge in [0.25, 0.3) is 0 Å². The predicted octanol–water partition coefficient (Wildman–Crippen LogP) is -1.74. The lowest BCUT2D eigenvalue weighted by Crippen LogP contribution is -2.57. The zero-order valence-corrected chi connectivity index (χ0v) is 28.0. The van der Waals surface area contributed by atoms with E-state index < -0.39 is 72.2 Å². The summed E-state index contributed by atoms with van der Waals surface area (Å²) < 4.78 is 0. The Morgan fingerprint density at radius 2 is 1.27 bits per heavy atom. The van der Waals surface area contributed by atoms with Crippen LogP contribution in [0.15, 0.2) is 60.7 Å². The Morgan fingerprint density at radius 1 is 0.735 bits per heavy atom. The fraction of sp³-hybridized carbons (Fsp3) is 0.441. The van der Waals surface area contributed by atoms with Gasteiger partial charge in [-0.3, -0.25) is 33.6 Å². The molecule has 264 valence electrons. The second-order valence-corrected chi connectivity index (χ2v) is 11.9. The Labute approximate surface area is 285 Å². The Kier molecular flexibility index (Phi) is 14.7. The van der Waals surface area contributed by atoms with E-state index in [1.807, 2.05) is 36.4 Å². The zero-order chi connectivity index (χ0) is 35.9. The van der Waals surface area contributed by atoms with Crippen LogP contribution < -0.4 is 37.6 Å². The van der Waals surface area contributed by atoms with E-state index in [1.54, 1.807) is 24.3 Å². The number of carbonyl (C=O) groups is 7. The summed E-state index contributed by atoms with van der Waals surface area (Å²) >= 11 is 0. The third kappa shape index (κ3) is 12.3. The monoisotopic (exact) mass is 678 g/mol. The van der Waals surface area contributed by atoms with Crippen molar-refractivity contribution in [3.8, 4) is 0 Å². The van der Waals surface area contributed by atoms with Crippen LogP contribution in [0.5, 0.6) is 0 Å². The average Bonchev–Trinajstić information content (AvgIpc) is 3.07. The summed E-state index contributed by atoms with van der Waals surface area (Å²) in [6, 6.07) is 13.1. The van der Waals surface area contributed by atoms with Gasteiger partial charge < -0.3 is 42.5 Å². The Hall–Kier alpha value is -5.31. The molecule has 15 nitrogen and oxygen atoms in total. The first-order chi connectivity index (χ1) is 23.3. The summed E-state index contributed by atoms with van der Waals surface area (Å²) in [5.41, 5.74) is 7.34. The molecule has 5 atom stereocenters. The van der Waals surface area contributed by atoms with E-state index in [0.29, 0.717) is 0 Å². The van der Waals surface area contributed by atoms with Crippen molar-refractivity contribution in [2.24, 2.45) is 5.73 Å². The van der Waals surface area contributed by atoms with Crippen molar-refractivity contribution >= 4 is 41.4 Å². The minimum absolute atomic E-state index is 0.0214. The Bertz CT molecular complexity index is 1470. The van der Waals surface area contributed by atoms with E-state index >= 15 is 0 Å². The van der Waals surface area contributed by atoms with Crippen LogP contribution in [0.1, 0.15) is 38.3 Å². The number of nitrogens with one attached hydrogen (secondary N) is 6. The van der Waals surface area contributed by atoms with Gasteiger partial charge in [-0.1, -0.05) is 60.7 Å². The highest BCUT2D eigenvalue weighted by Crippen LogP contribution is 2.10. The van der Waals surface area contributed by atoms with E-state index in [0.717, 1.165) is 11.1 Å². The van der Waals surface area contributed by atoms with Gasteiger partial charge in [-0.2, -0.15) is 0 Å². The SMILES string of the molecule is C[C@@H]1NC(=O)[C@H](C)NC(=O)[C@H](C)NC(=O)[C@H](Cc2ccccc2)NCCC(=O)NCCN([C@@H](Cc2ccccc2)C(N)=O)C(=O)CNC1=O. The van der Waals surface area contributed by atoms with E-state index in [-0.39, 0.29) is 44.8 Å². The van der Waals surface area contributed by atoms with Crippen LogP contribution in [0.3, 0.4) is 0 Å². The number of carbonyl (C=O) groups excluding carboxylic acids is 7. The summed E-state index contributed by atoms with van der Waals surface area (Å²) in [6.07, 6.45) is 0.355. The van der Waals surface area contributed by atoms with Crippen molar-refractivity contribution in [1.29, 1.82) is 0 Å². The number of hydrogen-bond acceptors (Lipinski definition) is 8. The summed E-state index contributed by atoms with van der Waals surface area (Å²) in [5, 5.41) is 16.0. The topological polar surface area (TPSA) is 221 Å². The molecule has 15 heteroatoms. The quantitative estimate of drug-likeness (QED) is 0.186. The molecule has 0 radical (unpaired) electrons. The summed E-state index contributed by atoms with van der Waals surface area (Å²) in [5.74, 6) is -4.24. The minimum atomic E-state index is -1.09. The smallest absolute Gasteiger partial charge is 0.242 e.